The van der Waals surface area contributed by atoms with Crippen LogP contribution in [0.15, 0.2) is 36.7 Å². The number of imidazole rings is 1. The standard InChI is InChI=1S/C22H21F3N2O4/c1-29-18-9-14(10-19(31-22(24)25)21(18)17(28)8-13-2-3-13)16-12-26-20-11-15(30-7-5-23)4-6-27(16)20/h4,6,9-13,22H,2-3,5,7-8H2,1H3. The van der Waals surface area contributed by atoms with E-state index in [2.05, 4.69) is 4.98 Å². The predicted molar refractivity (Wildman–Crippen MR) is 107 cm³/mol. The van der Waals surface area contributed by atoms with E-state index in [9.17, 15) is 18.0 Å². The molecule has 164 valence electrons. The molecule has 0 saturated heterocycles. The van der Waals surface area contributed by atoms with Crippen LogP contribution in [-0.2, 0) is 0 Å². The second-order valence-corrected chi connectivity index (χ2v) is 7.27. The van der Waals surface area contributed by atoms with Gasteiger partial charge in [0.25, 0.3) is 0 Å². The molecule has 0 aliphatic heterocycles. The Bertz CT molecular complexity index is 1100. The number of fused-ring (bicyclic) bond motifs is 1. The molecular weight excluding hydrogens is 413 g/mol. The summed E-state index contributed by atoms with van der Waals surface area (Å²) in [4.78, 5) is 17.1. The number of carbonyl (C=O) groups excluding carboxylic acids is 1. The van der Waals surface area contributed by atoms with E-state index in [0.29, 0.717) is 22.7 Å². The van der Waals surface area contributed by atoms with Crippen LogP contribution >= 0.6 is 0 Å². The zero-order valence-corrected chi connectivity index (χ0v) is 16.8. The molecule has 6 nitrogen and oxygen atoms in total. The first-order valence-corrected chi connectivity index (χ1v) is 9.86. The minimum atomic E-state index is -3.09. The summed E-state index contributed by atoms with van der Waals surface area (Å²) in [6, 6.07) is 6.29. The van der Waals surface area contributed by atoms with Crippen LogP contribution in [0.4, 0.5) is 13.2 Å². The van der Waals surface area contributed by atoms with Gasteiger partial charge in [0.2, 0.25) is 0 Å². The van der Waals surface area contributed by atoms with Gasteiger partial charge in [-0.1, -0.05) is 0 Å². The third-order valence-electron chi connectivity index (χ3n) is 5.08. The molecule has 0 N–H and O–H groups in total. The van der Waals surface area contributed by atoms with Crippen molar-refractivity contribution in [1.29, 1.82) is 0 Å². The first kappa shape index (κ1) is 21.0. The summed E-state index contributed by atoms with van der Waals surface area (Å²) in [7, 11) is 1.38. The number of halogens is 3. The molecule has 1 aromatic carbocycles. The van der Waals surface area contributed by atoms with E-state index in [1.807, 2.05) is 0 Å². The summed E-state index contributed by atoms with van der Waals surface area (Å²) in [5.74, 6) is 0.394. The van der Waals surface area contributed by atoms with Gasteiger partial charge in [-0.15, -0.1) is 0 Å². The lowest BCUT2D eigenvalue weighted by molar-refractivity contribution is -0.0502. The Labute approximate surface area is 176 Å². The third kappa shape index (κ3) is 4.60. The summed E-state index contributed by atoms with van der Waals surface area (Å²) in [5.41, 5.74) is 1.61. The number of pyridine rings is 1. The van der Waals surface area contributed by atoms with Crippen molar-refractivity contribution in [3.63, 3.8) is 0 Å². The van der Waals surface area contributed by atoms with E-state index in [1.54, 1.807) is 35.0 Å². The van der Waals surface area contributed by atoms with Crippen molar-refractivity contribution in [3.05, 3.63) is 42.2 Å². The molecule has 0 radical (unpaired) electrons. The van der Waals surface area contributed by atoms with E-state index < -0.39 is 13.3 Å². The summed E-state index contributed by atoms with van der Waals surface area (Å²) in [6.45, 7) is -3.76. The van der Waals surface area contributed by atoms with E-state index in [4.69, 9.17) is 14.2 Å². The molecule has 4 rings (SSSR count). The van der Waals surface area contributed by atoms with Crippen molar-refractivity contribution in [3.8, 4) is 28.5 Å². The molecule has 1 aliphatic carbocycles. The third-order valence-corrected chi connectivity index (χ3v) is 5.08. The number of hydrogen-bond acceptors (Lipinski definition) is 5. The lowest BCUT2D eigenvalue weighted by Gasteiger charge is -2.16. The van der Waals surface area contributed by atoms with Gasteiger partial charge < -0.3 is 14.2 Å². The number of carbonyl (C=O) groups is 1. The highest BCUT2D eigenvalue weighted by Crippen LogP contribution is 2.40. The number of ketones is 1. The maximum atomic E-state index is 13.1. The van der Waals surface area contributed by atoms with Crippen molar-refractivity contribution in [2.24, 2.45) is 5.92 Å². The van der Waals surface area contributed by atoms with Gasteiger partial charge in [0, 0.05) is 24.2 Å². The molecule has 0 unspecified atom stereocenters. The highest BCUT2D eigenvalue weighted by atomic mass is 19.3. The first-order chi connectivity index (χ1) is 15.0. The van der Waals surface area contributed by atoms with Gasteiger partial charge in [0.15, 0.2) is 5.78 Å². The number of nitrogens with zero attached hydrogens (tertiary/aromatic N) is 2. The van der Waals surface area contributed by atoms with Crippen LogP contribution in [0, 0.1) is 5.92 Å². The van der Waals surface area contributed by atoms with Crippen molar-refractivity contribution in [2.45, 2.75) is 25.9 Å². The number of benzene rings is 1. The second-order valence-electron chi connectivity index (χ2n) is 7.27. The van der Waals surface area contributed by atoms with Gasteiger partial charge in [-0.25, -0.2) is 9.37 Å². The van der Waals surface area contributed by atoms with Gasteiger partial charge in [-0.3, -0.25) is 9.20 Å². The number of methoxy groups -OCH3 is 1. The molecule has 0 bridgehead atoms. The van der Waals surface area contributed by atoms with Crippen molar-refractivity contribution < 1.29 is 32.2 Å². The topological polar surface area (TPSA) is 62.1 Å². The molecule has 2 aromatic heterocycles. The van der Waals surface area contributed by atoms with Crippen molar-refractivity contribution in [1.82, 2.24) is 9.38 Å². The van der Waals surface area contributed by atoms with Crippen LogP contribution in [0.3, 0.4) is 0 Å². The van der Waals surface area contributed by atoms with Crippen molar-refractivity contribution in [2.75, 3.05) is 20.4 Å². The Morgan fingerprint density at radius 2 is 2.03 bits per heavy atom. The number of Topliss-reactive ketones (excluding diaryl/α,β-unsaturated/α-hetero) is 1. The fourth-order valence-electron chi connectivity index (χ4n) is 3.47. The molecular formula is C22H21F3N2O4. The molecule has 3 aromatic rings. The summed E-state index contributed by atoms with van der Waals surface area (Å²) >= 11 is 0. The molecule has 1 fully saturated rings. The van der Waals surface area contributed by atoms with Crippen molar-refractivity contribution >= 4 is 11.4 Å². The van der Waals surface area contributed by atoms with Gasteiger partial charge in [0.1, 0.15) is 41.7 Å². The predicted octanol–water partition coefficient (Wildman–Crippen LogP) is 4.94. The Morgan fingerprint density at radius 1 is 1.26 bits per heavy atom. The number of aromatic nitrogens is 2. The van der Waals surface area contributed by atoms with Gasteiger partial charge in [-0.2, -0.15) is 8.78 Å². The molecule has 31 heavy (non-hydrogen) atoms. The Kier molecular flexibility index (Phi) is 6.01. The Balaban J connectivity index is 1.76. The van der Waals surface area contributed by atoms with Crippen LogP contribution in [-0.4, -0.2) is 42.2 Å². The molecule has 2 heterocycles. The molecule has 0 spiro atoms. The van der Waals surface area contributed by atoms with Gasteiger partial charge >= 0.3 is 6.61 Å². The quantitative estimate of drug-likeness (QED) is 0.423. The number of ether oxygens (including phenoxy) is 3. The Hall–Kier alpha value is -3.23. The smallest absolute Gasteiger partial charge is 0.387 e. The average Bonchev–Trinajstić information content (AvgIpc) is 3.46. The van der Waals surface area contributed by atoms with E-state index in [0.717, 1.165) is 12.8 Å². The maximum Gasteiger partial charge on any atom is 0.387 e. The Morgan fingerprint density at radius 3 is 2.71 bits per heavy atom. The summed E-state index contributed by atoms with van der Waals surface area (Å²) in [6.07, 6.45) is 5.41. The van der Waals surface area contributed by atoms with E-state index in [-0.39, 0.29) is 41.8 Å². The monoisotopic (exact) mass is 434 g/mol. The average molecular weight is 434 g/mol. The van der Waals surface area contributed by atoms with Gasteiger partial charge in [-0.05, 0) is 37.0 Å². The molecule has 1 aliphatic rings. The molecule has 1 saturated carbocycles. The fraction of sp³-hybridized carbons (Fsp3) is 0.364. The maximum absolute atomic E-state index is 13.1. The van der Waals surface area contributed by atoms with Crippen LogP contribution in [0.5, 0.6) is 17.2 Å². The highest BCUT2D eigenvalue weighted by molar-refractivity contribution is 6.02. The normalized spacial score (nSPS) is 13.6. The largest absolute Gasteiger partial charge is 0.496 e. The first-order valence-electron chi connectivity index (χ1n) is 9.86. The van der Waals surface area contributed by atoms with Gasteiger partial charge in [0.05, 0.1) is 19.0 Å². The minimum Gasteiger partial charge on any atom is -0.496 e. The van der Waals surface area contributed by atoms with E-state index in [1.165, 1.54) is 13.2 Å². The highest BCUT2D eigenvalue weighted by Gasteiger charge is 2.29. The zero-order valence-electron chi connectivity index (χ0n) is 16.8. The minimum absolute atomic E-state index is 0.0224. The zero-order chi connectivity index (χ0) is 22.0. The number of alkyl halides is 3. The van der Waals surface area contributed by atoms with Crippen LogP contribution in [0.1, 0.15) is 29.6 Å². The summed E-state index contributed by atoms with van der Waals surface area (Å²) < 4.78 is 55.6. The molecule has 0 atom stereocenters. The van der Waals surface area contributed by atoms with Crippen LogP contribution in [0.25, 0.3) is 16.9 Å². The molecule has 0 amide bonds. The SMILES string of the molecule is COc1cc(-c2cnc3cc(OCCF)ccn23)cc(OC(F)F)c1C(=O)CC1CC1. The summed E-state index contributed by atoms with van der Waals surface area (Å²) in [5, 5.41) is 0. The fourth-order valence-corrected chi connectivity index (χ4v) is 3.47. The number of rotatable bonds is 10. The molecule has 9 heteroatoms. The van der Waals surface area contributed by atoms with Crippen LogP contribution < -0.4 is 14.2 Å². The second kappa shape index (κ2) is 8.87. The van der Waals surface area contributed by atoms with E-state index >= 15 is 0 Å². The van der Waals surface area contributed by atoms with Crippen LogP contribution in [0.2, 0.25) is 0 Å². The lowest BCUT2D eigenvalue weighted by Crippen LogP contribution is -2.11. The lowest BCUT2D eigenvalue weighted by atomic mass is 10.00. The number of hydrogen-bond donors (Lipinski definition) is 0.